The lowest BCUT2D eigenvalue weighted by molar-refractivity contribution is -0.114. The third-order valence-corrected chi connectivity index (χ3v) is 3.52. The molecule has 1 amide bonds. The fourth-order valence-electron chi connectivity index (χ4n) is 2.18. The smallest absolute Gasteiger partial charge is 0.221 e. The summed E-state index contributed by atoms with van der Waals surface area (Å²) in [4.78, 5) is 23.1. The number of hydrogen-bond donors (Lipinski definition) is 1. The molecule has 0 bridgehead atoms. The minimum absolute atomic E-state index is 0.0627. The molecule has 0 fully saturated rings. The molecule has 0 atom stereocenters. The van der Waals surface area contributed by atoms with Gasteiger partial charge in [-0.05, 0) is 47.4 Å². The zero-order valence-electron chi connectivity index (χ0n) is 13.7. The number of benzene rings is 2. The molecule has 118 valence electrons. The maximum atomic E-state index is 12.2. The molecule has 2 aromatic carbocycles. The van der Waals surface area contributed by atoms with Crippen molar-refractivity contribution in [2.75, 3.05) is 5.32 Å². The molecule has 0 saturated heterocycles. The predicted molar refractivity (Wildman–Crippen MR) is 94.6 cm³/mol. The van der Waals surface area contributed by atoms with Crippen molar-refractivity contribution in [3.8, 4) is 0 Å². The van der Waals surface area contributed by atoms with Crippen LogP contribution in [0.2, 0.25) is 0 Å². The Morgan fingerprint density at radius 1 is 0.957 bits per heavy atom. The molecule has 0 saturated carbocycles. The Hall–Kier alpha value is -2.68. The number of nitrogens with one attached hydrogen (secondary N) is 1. The second kappa shape index (κ2) is 7.54. The fraction of sp³-hybridized carbons (Fsp3) is 0.200. The first kappa shape index (κ1) is 16.7. The Morgan fingerprint density at radius 2 is 1.57 bits per heavy atom. The number of hydrogen-bond acceptors (Lipinski definition) is 2. The summed E-state index contributed by atoms with van der Waals surface area (Å²) < 4.78 is 0. The minimum Gasteiger partial charge on any atom is -0.326 e. The molecular weight excluding hydrogens is 286 g/mol. The Balaban J connectivity index is 2.04. The number of allylic oxidation sites excluding steroid dienone is 1. The molecule has 0 unspecified atom stereocenters. The molecule has 2 aromatic rings. The first-order chi connectivity index (χ1) is 11.0. The van der Waals surface area contributed by atoms with Crippen molar-refractivity contribution in [2.45, 2.75) is 26.7 Å². The van der Waals surface area contributed by atoms with Crippen LogP contribution in [0.4, 0.5) is 5.69 Å². The quantitative estimate of drug-likeness (QED) is 0.645. The maximum Gasteiger partial charge on any atom is 0.221 e. The average molecular weight is 307 g/mol. The second-order valence-corrected chi connectivity index (χ2v) is 5.78. The molecule has 0 aliphatic rings. The van der Waals surface area contributed by atoms with Crippen molar-refractivity contribution in [3.63, 3.8) is 0 Å². The summed E-state index contributed by atoms with van der Waals surface area (Å²) in [6.07, 6.45) is 3.38. The monoisotopic (exact) mass is 307 g/mol. The van der Waals surface area contributed by atoms with E-state index in [-0.39, 0.29) is 11.7 Å². The Labute approximate surface area is 137 Å². The summed E-state index contributed by atoms with van der Waals surface area (Å²) in [7, 11) is 0. The highest BCUT2D eigenvalue weighted by Crippen LogP contribution is 2.16. The number of rotatable bonds is 5. The molecule has 3 heteroatoms. The zero-order valence-corrected chi connectivity index (χ0v) is 13.7. The molecular formula is C20H21NO2. The summed E-state index contributed by atoms with van der Waals surface area (Å²) in [6, 6.07) is 15.0. The van der Waals surface area contributed by atoms with Crippen LogP contribution >= 0.6 is 0 Å². The molecule has 2 rings (SSSR count). The summed E-state index contributed by atoms with van der Waals surface area (Å²) in [5.74, 6) is 0.304. The number of anilines is 1. The molecule has 3 nitrogen and oxygen atoms in total. The number of amides is 1. The molecule has 0 aliphatic carbocycles. The maximum absolute atomic E-state index is 12.2. The van der Waals surface area contributed by atoms with Gasteiger partial charge in [0.15, 0.2) is 5.78 Å². The van der Waals surface area contributed by atoms with Gasteiger partial charge in [-0.1, -0.05) is 44.2 Å². The molecule has 23 heavy (non-hydrogen) atoms. The van der Waals surface area contributed by atoms with Gasteiger partial charge in [0.25, 0.3) is 0 Å². The first-order valence-electron chi connectivity index (χ1n) is 7.66. The van der Waals surface area contributed by atoms with Gasteiger partial charge in [-0.15, -0.1) is 0 Å². The lowest BCUT2D eigenvalue weighted by atomic mass is 10.0. The van der Waals surface area contributed by atoms with Crippen LogP contribution in [0.3, 0.4) is 0 Å². The van der Waals surface area contributed by atoms with Crippen molar-refractivity contribution in [3.05, 3.63) is 71.3 Å². The Bertz CT molecular complexity index is 710. The van der Waals surface area contributed by atoms with Gasteiger partial charge in [-0.3, -0.25) is 9.59 Å². The topological polar surface area (TPSA) is 46.2 Å². The van der Waals surface area contributed by atoms with E-state index in [0.717, 1.165) is 5.56 Å². The van der Waals surface area contributed by atoms with E-state index in [0.29, 0.717) is 17.2 Å². The average Bonchev–Trinajstić information content (AvgIpc) is 2.53. The largest absolute Gasteiger partial charge is 0.326 e. The highest BCUT2D eigenvalue weighted by atomic mass is 16.1. The van der Waals surface area contributed by atoms with E-state index in [1.807, 2.05) is 18.2 Å². The lowest BCUT2D eigenvalue weighted by Gasteiger charge is -2.04. The Morgan fingerprint density at radius 3 is 2.09 bits per heavy atom. The van der Waals surface area contributed by atoms with Gasteiger partial charge in [0.05, 0.1) is 0 Å². The number of carbonyl (C=O) groups excluding carboxylic acids is 2. The third-order valence-electron chi connectivity index (χ3n) is 3.52. The van der Waals surface area contributed by atoms with Gasteiger partial charge < -0.3 is 5.32 Å². The van der Waals surface area contributed by atoms with E-state index >= 15 is 0 Å². The Kier molecular flexibility index (Phi) is 5.47. The van der Waals surface area contributed by atoms with Crippen LogP contribution in [0, 0.1) is 0 Å². The first-order valence-corrected chi connectivity index (χ1v) is 7.66. The summed E-state index contributed by atoms with van der Waals surface area (Å²) in [5.41, 5.74) is 3.55. The lowest BCUT2D eigenvalue weighted by Crippen LogP contribution is -2.05. The molecule has 1 N–H and O–H groups in total. The highest BCUT2D eigenvalue weighted by Gasteiger charge is 2.03. The molecule has 0 aromatic heterocycles. The van der Waals surface area contributed by atoms with Crippen molar-refractivity contribution in [2.24, 2.45) is 0 Å². The minimum atomic E-state index is -0.131. The zero-order chi connectivity index (χ0) is 16.8. The summed E-state index contributed by atoms with van der Waals surface area (Å²) in [5, 5.41) is 2.67. The fourth-order valence-corrected chi connectivity index (χ4v) is 2.18. The van der Waals surface area contributed by atoms with Crippen molar-refractivity contribution < 1.29 is 9.59 Å². The second-order valence-electron chi connectivity index (χ2n) is 5.78. The van der Waals surface area contributed by atoms with Crippen LogP contribution in [0.5, 0.6) is 0 Å². The third kappa shape index (κ3) is 4.92. The van der Waals surface area contributed by atoms with Crippen molar-refractivity contribution >= 4 is 23.5 Å². The van der Waals surface area contributed by atoms with Crippen LogP contribution in [0.25, 0.3) is 6.08 Å². The van der Waals surface area contributed by atoms with E-state index in [2.05, 4.69) is 31.3 Å². The van der Waals surface area contributed by atoms with Gasteiger partial charge >= 0.3 is 0 Å². The van der Waals surface area contributed by atoms with Crippen LogP contribution in [0.15, 0.2) is 54.6 Å². The standard InChI is InChI=1S/C20H21NO2/c1-14(2)17-7-4-16(5-8-17)6-13-20(23)18-9-11-19(12-10-18)21-15(3)22/h4-14H,1-3H3,(H,21,22)/b13-6+. The predicted octanol–water partition coefficient (Wildman–Crippen LogP) is 4.66. The molecule has 0 aliphatic heterocycles. The van der Waals surface area contributed by atoms with Crippen LogP contribution in [-0.2, 0) is 4.79 Å². The van der Waals surface area contributed by atoms with Crippen LogP contribution in [0.1, 0.15) is 48.2 Å². The van der Waals surface area contributed by atoms with E-state index in [1.54, 1.807) is 30.3 Å². The van der Waals surface area contributed by atoms with Gasteiger partial charge in [-0.25, -0.2) is 0 Å². The highest BCUT2D eigenvalue weighted by molar-refractivity contribution is 6.07. The van der Waals surface area contributed by atoms with E-state index < -0.39 is 0 Å². The molecule has 0 heterocycles. The molecule has 0 radical (unpaired) electrons. The SMILES string of the molecule is CC(=O)Nc1ccc(C(=O)/C=C/c2ccc(C(C)C)cc2)cc1. The van der Waals surface area contributed by atoms with E-state index in [9.17, 15) is 9.59 Å². The van der Waals surface area contributed by atoms with Crippen LogP contribution in [-0.4, -0.2) is 11.7 Å². The van der Waals surface area contributed by atoms with Gasteiger partial charge in [0.1, 0.15) is 0 Å². The van der Waals surface area contributed by atoms with E-state index in [1.165, 1.54) is 12.5 Å². The number of ketones is 1. The summed E-state index contributed by atoms with van der Waals surface area (Å²) >= 11 is 0. The summed E-state index contributed by atoms with van der Waals surface area (Å²) in [6.45, 7) is 5.75. The van der Waals surface area contributed by atoms with E-state index in [4.69, 9.17) is 0 Å². The van der Waals surface area contributed by atoms with Crippen molar-refractivity contribution in [1.29, 1.82) is 0 Å². The van der Waals surface area contributed by atoms with Crippen molar-refractivity contribution in [1.82, 2.24) is 0 Å². The van der Waals surface area contributed by atoms with Gasteiger partial charge in [0.2, 0.25) is 5.91 Å². The van der Waals surface area contributed by atoms with Crippen LogP contribution < -0.4 is 5.32 Å². The number of carbonyl (C=O) groups is 2. The normalized spacial score (nSPS) is 11.0. The molecule has 0 spiro atoms. The van der Waals surface area contributed by atoms with Gasteiger partial charge in [-0.2, -0.15) is 0 Å². The van der Waals surface area contributed by atoms with Gasteiger partial charge in [0, 0.05) is 18.2 Å².